The molecule has 2 aromatic carbocycles. The highest BCUT2D eigenvalue weighted by atomic mass is 16.5. The van der Waals surface area contributed by atoms with Crippen LogP contribution in [0.3, 0.4) is 0 Å². The van der Waals surface area contributed by atoms with Crippen LogP contribution in [0.4, 0.5) is 5.69 Å². The zero-order valence-corrected chi connectivity index (χ0v) is 14.7. The average molecular weight is 341 g/mol. The summed E-state index contributed by atoms with van der Waals surface area (Å²) in [5.74, 6) is 1.07. The molecule has 0 atom stereocenters. The van der Waals surface area contributed by atoms with E-state index >= 15 is 0 Å². The van der Waals surface area contributed by atoms with E-state index in [-0.39, 0.29) is 12.5 Å². The molecule has 0 spiro atoms. The third kappa shape index (κ3) is 5.53. The standard InChI is InChI=1S/C19H23N3O3/c1-4-25-17-10-9-15(11-18(17)24-3)12-21-22-19(23)13-20-16-8-6-5-7-14(16)2/h5-12,20H,4,13H2,1-3H3,(H,22,23)/b21-12-. The summed E-state index contributed by atoms with van der Waals surface area (Å²) in [6.45, 7) is 4.61. The zero-order chi connectivity index (χ0) is 18.1. The predicted molar refractivity (Wildman–Crippen MR) is 99.6 cm³/mol. The van der Waals surface area contributed by atoms with Gasteiger partial charge in [-0.2, -0.15) is 5.10 Å². The van der Waals surface area contributed by atoms with Gasteiger partial charge in [-0.15, -0.1) is 0 Å². The first-order valence-corrected chi connectivity index (χ1v) is 8.06. The van der Waals surface area contributed by atoms with Gasteiger partial charge in [-0.25, -0.2) is 5.43 Å². The summed E-state index contributed by atoms with van der Waals surface area (Å²) in [5.41, 5.74) is 5.30. The molecule has 6 nitrogen and oxygen atoms in total. The second-order valence-electron chi connectivity index (χ2n) is 5.30. The predicted octanol–water partition coefficient (Wildman–Crippen LogP) is 2.96. The van der Waals surface area contributed by atoms with E-state index in [1.54, 1.807) is 19.4 Å². The first-order valence-electron chi connectivity index (χ1n) is 8.06. The number of para-hydroxylation sites is 1. The number of amides is 1. The third-order valence-corrected chi connectivity index (χ3v) is 3.47. The highest BCUT2D eigenvalue weighted by Gasteiger charge is 2.04. The fourth-order valence-corrected chi connectivity index (χ4v) is 2.20. The van der Waals surface area contributed by atoms with Gasteiger partial charge in [-0.1, -0.05) is 18.2 Å². The largest absolute Gasteiger partial charge is 0.493 e. The van der Waals surface area contributed by atoms with E-state index in [9.17, 15) is 4.79 Å². The highest BCUT2D eigenvalue weighted by molar-refractivity contribution is 5.85. The second-order valence-corrected chi connectivity index (χ2v) is 5.30. The summed E-state index contributed by atoms with van der Waals surface area (Å²) in [5, 5.41) is 7.05. The van der Waals surface area contributed by atoms with Crippen molar-refractivity contribution in [2.75, 3.05) is 25.6 Å². The lowest BCUT2D eigenvalue weighted by molar-refractivity contribution is -0.119. The molecule has 0 radical (unpaired) electrons. The number of carbonyl (C=O) groups excluding carboxylic acids is 1. The van der Waals surface area contributed by atoms with Crippen LogP contribution in [0.5, 0.6) is 11.5 Å². The van der Waals surface area contributed by atoms with Gasteiger partial charge in [0.05, 0.1) is 26.5 Å². The van der Waals surface area contributed by atoms with Gasteiger partial charge >= 0.3 is 0 Å². The third-order valence-electron chi connectivity index (χ3n) is 3.47. The summed E-state index contributed by atoms with van der Waals surface area (Å²) in [7, 11) is 1.58. The Balaban J connectivity index is 1.87. The van der Waals surface area contributed by atoms with Gasteiger partial charge in [0.1, 0.15) is 0 Å². The van der Waals surface area contributed by atoms with Gasteiger partial charge < -0.3 is 14.8 Å². The minimum Gasteiger partial charge on any atom is -0.493 e. The van der Waals surface area contributed by atoms with Crippen molar-refractivity contribution in [1.82, 2.24) is 5.43 Å². The average Bonchev–Trinajstić information content (AvgIpc) is 2.62. The molecule has 0 saturated heterocycles. The Morgan fingerprint density at radius 2 is 2.00 bits per heavy atom. The lowest BCUT2D eigenvalue weighted by Crippen LogP contribution is -2.26. The summed E-state index contributed by atoms with van der Waals surface area (Å²) in [6.07, 6.45) is 1.56. The monoisotopic (exact) mass is 341 g/mol. The van der Waals surface area contributed by atoms with E-state index in [1.165, 1.54) is 0 Å². The van der Waals surface area contributed by atoms with Crippen molar-refractivity contribution < 1.29 is 14.3 Å². The Morgan fingerprint density at radius 3 is 2.72 bits per heavy atom. The van der Waals surface area contributed by atoms with Gasteiger partial charge in [0, 0.05) is 5.69 Å². The van der Waals surface area contributed by atoms with E-state index in [2.05, 4.69) is 15.8 Å². The Bertz CT molecular complexity index is 744. The number of nitrogens with one attached hydrogen (secondary N) is 2. The van der Waals surface area contributed by atoms with Crippen LogP contribution in [-0.4, -0.2) is 32.4 Å². The number of rotatable bonds is 8. The van der Waals surface area contributed by atoms with E-state index in [1.807, 2.05) is 50.2 Å². The van der Waals surface area contributed by atoms with Crippen molar-refractivity contribution in [2.45, 2.75) is 13.8 Å². The first kappa shape index (κ1) is 18.3. The number of ether oxygens (including phenoxy) is 2. The summed E-state index contributed by atoms with van der Waals surface area (Å²) in [4.78, 5) is 11.8. The molecule has 2 aromatic rings. The van der Waals surface area contributed by atoms with Crippen LogP contribution in [-0.2, 0) is 4.79 Å². The molecule has 0 heterocycles. The van der Waals surface area contributed by atoms with Gasteiger partial charge in [-0.05, 0) is 49.2 Å². The molecule has 0 unspecified atom stereocenters. The molecule has 2 N–H and O–H groups in total. The summed E-state index contributed by atoms with van der Waals surface area (Å²) in [6, 6.07) is 13.2. The van der Waals surface area contributed by atoms with E-state index in [0.717, 1.165) is 16.8 Å². The Kier molecular flexibility index (Phi) is 6.83. The number of carbonyl (C=O) groups is 1. The van der Waals surface area contributed by atoms with Crippen LogP contribution in [0, 0.1) is 6.92 Å². The van der Waals surface area contributed by atoms with E-state index in [0.29, 0.717) is 18.1 Å². The summed E-state index contributed by atoms with van der Waals surface area (Å²) < 4.78 is 10.7. The molecule has 2 rings (SSSR count). The molecule has 0 saturated carbocycles. The second kappa shape index (κ2) is 9.32. The first-order chi connectivity index (χ1) is 12.1. The molecule has 25 heavy (non-hydrogen) atoms. The van der Waals surface area contributed by atoms with E-state index < -0.39 is 0 Å². The normalized spacial score (nSPS) is 10.5. The van der Waals surface area contributed by atoms with Gasteiger partial charge in [0.15, 0.2) is 11.5 Å². The van der Waals surface area contributed by atoms with Crippen molar-refractivity contribution in [3.05, 3.63) is 53.6 Å². The van der Waals surface area contributed by atoms with Crippen molar-refractivity contribution in [3.63, 3.8) is 0 Å². The number of hydrazone groups is 1. The molecule has 0 bridgehead atoms. The van der Waals surface area contributed by atoms with E-state index in [4.69, 9.17) is 9.47 Å². The fourth-order valence-electron chi connectivity index (χ4n) is 2.20. The van der Waals surface area contributed by atoms with Gasteiger partial charge in [-0.3, -0.25) is 4.79 Å². The molecule has 0 fully saturated rings. The lowest BCUT2D eigenvalue weighted by Gasteiger charge is -2.09. The maximum absolute atomic E-state index is 11.8. The van der Waals surface area contributed by atoms with Gasteiger partial charge in [0.2, 0.25) is 0 Å². The molecule has 0 aromatic heterocycles. The minimum absolute atomic E-state index is 0.148. The van der Waals surface area contributed by atoms with Crippen LogP contribution in [0.2, 0.25) is 0 Å². The maximum atomic E-state index is 11.8. The number of benzene rings is 2. The Hall–Kier alpha value is -3.02. The highest BCUT2D eigenvalue weighted by Crippen LogP contribution is 2.27. The van der Waals surface area contributed by atoms with Crippen LogP contribution >= 0.6 is 0 Å². The minimum atomic E-state index is -0.225. The van der Waals surface area contributed by atoms with Crippen molar-refractivity contribution >= 4 is 17.8 Å². The smallest absolute Gasteiger partial charge is 0.259 e. The molecule has 0 aliphatic rings. The van der Waals surface area contributed by atoms with Crippen LogP contribution in [0.1, 0.15) is 18.1 Å². The molecular formula is C19H23N3O3. The Morgan fingerprint density at radius 1 is 1.20 bits per heavy atom. The van der Waals surface area contributed by atoms with Crippen molar-refractivity contribution in [2.24, 2.45) is 5.10 Å². The van der Waals surface area contributed by atoms with Crippen LogP contribution in [0.15, 0.2) is 47.6 Å². The topological polar surface area (TPSA) is 72.0 Å². The molecule has 0 aliphatic carbocycles. The SMILES string of the molecule is CCOc1ccc(/C=N\NC(=O)CNc2ccccc2C)cc1OC. The molecular weight excluding hydrogens is 318 g/mol. The molecule has 1 amide bonds. The number of methoxy groups -OCH3 is 1. The number of hydrogen-bond donors (Lipinski definition) is 2. The van der Waals surface area contributed by atoms with Crippen molar-refractivity contribution in [3.8, 4) is 11.5 Å². The van der Waals surface area contributed by atoms with Crippen LogP contribution < -0.4 is 20.2 Å². The quantitative estimate of drug-likeness (QED) is 0.572. The number of hydrogen-bond acceptors (Lipinski definition) is 5. The summed E-state index contributed by atoms with van der Waals surface area (Å²) >= 11 is 0. The number of anilines is 1. The number of aryl methyl sites for hydroxylation is 1. The molecule has 6 heteroatoms. The van der Waals surface area contributed by atoms with Gasteiger partial charge in [0.25, 0.3) is 5.91 Å². The molecule has 0 aliphatic heterocycles. The fraction of sp³-hybridized carbons (Fsp3) is 0.263. The molecule has 132 valence electrons. The zero-order valence-electron chi connectivity index (χ0n) is 14.7. The Labute approximate surface area is 147 Å². The van der Waals surface area contributed by atoms with Crippen LogP contribution in [0.25, 0.3) is 0 Å². The number of nitrogens with zero attached hydrogens (tertiary/aromatic N) is 1. The lowest BCUT2D eigenvalue weighted by atomic mass is 10.2. The maximum Gasteiger partial charge on any atom is 0.259 e. The van der Waals surface area contributed by atoms with Crippen molar-refractivity contribution in [1.29, 1.82) is 0 Å².